The van der Waals surface area contributed by atoms with Crippen LogP contribution in [0.25, 0.3) is 0 Å². The van der Waals surface area contributed by atoms with Crippen LogP contribution in [0.3, 0.4) is 0 Å². The SMILES string of the molecule is COc1ccc(S(=O)(=O)N[C@@H](C)c2cc(C)ccc2C)cc1N1C(=O)CCC1=O. The molecular formula is C21H24N2O5S. The summed E-state index contributed by atoms with van der Waals surface area (Å²) in [5.74, 6) is -0.491. The minimum absolute atomic E-state index is 0.0436. The highest BCUT2D eigenvalue weighted by Crippen LogP contribution is 2.34. The zero-order chi connectivity index (χ0) is 21.3. The number of hydrogen-bond acceptors (Lipinski definition) is 5. The Hall–Kier alpha value is -2.71. The summed E-state index contributed by atoms with van der Waals surface area (Å²) >= 11 is 0. The lowest BCUT2D eigenvalue weighted by atomic mass is 10.0. The first-order chi connectivity index (χ1) is 13.6. The average Bonchev–Trinajstić information content (AvgIpc) is 3.00. The van der Waals surface area contributed by atoms with E-state index in [0.717, 1.165) is 21.6 Å². The fraction of sp³-hybridized carbons (Fsp3) is 0.333. The first-order valence-electron chi connectivity index (χ1n) is 9.27. The zero-order valence-electron chi connectivity index (χ0n) is 16.9. The van der Waals surface area contributed by atoms with Crippen molar-refractivity contribution in [1.29, 1.82) is 0 Å². The predicted octanol–water partition coefficient (Wildman–Crippen LogP) is 3.00. The number of amides is 2. The van der Waals surface area contributed by atoms with Gasteiger partial charge < -0.3 is 4.74 Å². The molecule has 3 rings (SSSR count). The third-order valence-electron chi connectivity index (χ3n) is 4.99. The summed E-state index contributed by atoms with van der Waals surface area (Å²) in [7, 11) is -2.50. The van der Waals surface area contributed by atoms with Crippen molar-refractivity contribution in [3.05, 3.63) is 53.1 Å². The van der Waals surface area contributed by atoms with Crippen LogP contribution in [-0.4, -0.2) is 27.3 Å². The molecule has 0 saturated carbocycles. The summed E-state index contributed by atoms with van der Waals surface area (Å²) in [4.78, 5) is 25.2. The van der Waals surface area contributed by atoms with E-state index in [2.05, 4.69) is 4.72 Å². The van der Waals surface area contributed by atoms with Crippen LogP contribution in [0, 0.1) is 13.8 Å². The summed E-state index contributed by atoms with van der Waals surface area (Å²) < 4.78 is 33.9. The molecule has 7 nitrogen and oxygen atoms in total. The number of rotatable bonds is 6. The molecule has 1 N–H and O–H groups in total. The van der Waals surface area contributed by atoms with Crippen molar-refractivity contribution in [2.45, 2.75) is 44.6 Å². The van der Waals surface area contributed by atoms with E-state index in [0.29, 0.717) is 0 Å². The van der Waals surface area contributed by atoms with Crippen LogP contribution < -0.4 is 14.4 Å². The summed E-state index contributed by atoms with van der Waals surface area (Å²) in [5.41, 5.74) is 3.04. The fourth-order valence-electron chi connectivity index (χ4n) is 3.45. The fourth-order valence-corrected chi connectivity index (χ4v) is 4.69. The van der Waals surface area contributed by atoms with Gasteiger partial charge in [-0.25, -0.2) is 18.0 Å². The number of hydrogen-bond donors (Lipinski definition) is 1. The molecule has 1 atom stereocenters. The Balaban J connectivity index is 1.97. The van der Waals surface area contributed by atoms with Crippen molar-refractivity contribution < 1.29 is 22.7 Å². The molecule has 1 fully saturated rings. The van der Waals surface area contributed by atoms with Gasteiger partial charge in [0.05, 0.1) is 17.7 Å². The lowest BCUT2D eigenvalue weighted by Crippen LogP contribution is -2.30. The summed E-state index contributed by atoms with van der Waals surface area (Å²) in [5, 5.41) is 0. The van der Waals surface area contributed by atoms with Gasteiger partial charge in [-0.1, -0.05) is 23.8 Å². The van der Waals surface area contributed by atoms with E-state index in [1.54, 1.807) is 6.92 Å². The lowest BCUT2D eigenvalue weighted by Gasteiger charge is -2.20. The van der Waals surface area contributed by atoms with E-state index >= 15 is 0 Å². The number of anilines is 1. The third kappa shape index (κ3) is 4.18. The molecule has 0 radical (unpaired) electrons. The number of ether oxygens (including phenoxy) is 1. The Labute approximate surface area is 170 Å². The highest BCUT2D eigenvalue weighted by atomic mass is 32.2. The topological polar surface area (TPSA) is 92.8 Å². The molecule has 1 aliphatic heterocycles. The van der Waals surface area contributed by atoms with Crippen molar-refractivity contribution in [1.82, 2.24) is 4.72 Å². The van der Waals surface area contributed by atoms with Gasteiger partial charge in [-0.05, 0) is 50.1 Å². The molecule has 1 heterocycles. The normalized spacial score (nSPS) is 15.7. The molecule has 29 heavy (non-hydrogen) atoms. The second-order valence-electron chi connectivity index (χ2n) is 7.16. The standard InChI is InChI=1S/C21H24N2O5S/c1-13-5-6-14(2)17(11-13)15(3)22-29(26,27)16-7-8-19(28-4)18(12-16)23-20(24)9-10-21(23)25/h5-8,11-12,15,22H,9-10H2,1-4H3/t15-/m0/s1. The molecule has 2 aromatic carbocycles. The van der Waals surface area contributed by atoms with E-state index in [4.69, 9.17) is 4.74 Å². The molecule has 1 saturated heterocycles. The van der Waals surface area contributed by atoms with Gasteiger partial charge in [0.2, 0.25) is 21.8 Å². The van der Waals surface area contributed by atoms with Gasteiger partial charge in [0.15, 0.2) is 0 Å². The number of nitrogens with one attached hydrogen (secondary N) is 1. The molecule has 0 spiro atoms. The quantitative estimate of drug-likeness (QED) is 0.731. The van der Waals surface area contributed by atoms with E-state index in [1.165, 1.54) is 25.3 Å². The first kappa shape index (κ1) is 21.0. The Kier molecular flexibility index (Phi) is 5.77. The van der Waals surface area contributed by atoms with Crippen LogP contribution in [0.5, 0.6) is 5.75 Å². The van der Waals surface area contributed by atoms with Gasteiger partial charge in [0, 0.05) is 18.9 Å². The average molecular weight is 416 g/mol. The highest BCUT2D eigenvalue weighted by molar-refractivity contribution is 7.89. The van der Waals surface area contributed by atoms with Crippen LogP contribution in [-0.2, 0) is 19.6 Å². The number of methoxy groups -OCH3 is 1. The second kappa shape index (κ2) is 7.96. The molecule has 0 aliphatic carbocycles. The van der Waals surface area contributed by atoms with E-state index in [1.807, 2.05) is 32.0 Å². The Morgan fingerprint density at radius 2 is 1.69 bits per heavy atom. The van der Waals surface area contributed by atoms with Crippen molar-refractivity contribution in [2.75, 3.05) is 12.0 Å². The maximum atomic E-state index is 13.0. The Morgan fingerprint density at radius 3 is 2.31 bits per heavy atom. The molecule has 0 unspecified atom stereocenters. The number of benzene rings is 2. The van der Waals surface area contributed by atoms with E-state index in [-0.39, 0.29) is 41.0 Å². The molecular weight excluding hydrogens is 392 g/mol. The van der Waals surface area contributed by atoms with Gasteiger partial charge in [0.1, 0.15) is 5.75 Å². The van der Waals surface area contributed by atoms with Crippen molar-refractivity contribution >= 4 is 27.5 Å². The van der Waals surface area contributed by atoms with Gasteiger partial charge >= 0.3 is 0 Å². The lowest BCUT2D eigenvalue weighted by molar-refractivity contribution is -0.121. The highest BCUT2D eigenvalue weighted by Gasteiger charge is 2.33. The molecule has 0 aromatic heterocycles. The number of nitrogens with zero attached hydrogens (tertiary/aromatic N) is 1. The number of sulfonamides is 1. The molecule has 2 aromatic rings. The maximum absolute atomic E-state index is 13.0. The minimum Gasteiger partial charge on any atom is -0.495 e. The van der Waals surface area contributed by atoms with Crippen LogP contribution in [0.2, 0.25) is 0 Å². The van der Waals surface area contributed by atoms with Gasteiger partial charge in [-0.2, -0.15) is 0 Å². The second-order valence-corrected chi connectivity index (χ2v) is 8.87. The molecule has 2 amide bonds. The van der Waals surface area contributed by atoms with Gasteiger partial charge in [-0.15, -0.1) is 0 Å². The number of imide groups is 1. The van der Waals surface area contributed by atoms with Gasteiger partial charge in [-0.3, -0.25) is 9.59 Å². The van der Waals surface area contributed by atoms with Crippen molar-refractivity contribution in [2.24, 2.45) is 0 Å². The first-order valence-corrected chi connectivity index (χ1v) is 10.8. The number of aryl methyl sites for hydroxylation is 2. The third-order valence-corrected chi connectivity index (χ3v) is 6.52. The molecule has 1 aliphatic rings. The summed E-state index contributed by atoms with van der Waals surface area (Å²) in [6.07, 6.45) is 0.196. The Morgan fingerprint density at radius 1 is 1.03 bits per heavy atom. The summed E-state index contributed by atoms with van der Waals surface area (Å²) in [6, 6.07) is 9.56. The minimum atomic E-state index is -3.90. The molecule has 0 bridgehead atoms. The maximum Gasteiger partial charge on any atom is 0.241 e. The smallest absolute Gasteiger partial charge is 0.241 e. The van der Waals surface area contributed by atoms with Crippen LogP contribution >= 0.6 is 0 Å². The largest absolute Gasteiger partial charge is 0.495 e. The zero-order valence-corrected chi connectivity index (χ0v) is 17.7. The Bertz CT molecular complexity index is 1060. The summed E-state index contributed by atoms with van der Waals surface area (Å²) in [6.45, 7) is 5.65. The van der Waals surface area contributed by atoms with Crippen LogP contribution in [0.1, 0.15) is 42.5 Å². The molecule has 154 valence electrons. The van der Waals surface area contributed by atoms with E-state index < -0.39 is 16.1 Å². The number of carbonyl (C=O) groups is 2. The van der Waals surface area contributed by atoms with Crippen LogP contribution in [0.4, 0.5) is 5.69 Å². The monoisotopic (exact) mass is 416 g/mol. The van der Waals surface area contributed by atoms with E-state index in [9.17, 15) is 18.0 Å². The molecule has 8 heteroatoms. The van der Waals surface area contributed by atoms with Crippen molar-refractivity contribution in [3.63, 3.8) is 0 Å². The van der Waals surface area contributed by atoms with Gasteiger partial charge in [0.25, 0.3) is 0 Å². The van der Waals surface area contributed by atoms with Crippen LogP contribution in [0.15, 0.2) is 41.3 Å². The van der Waals surface area contributed by atoms with Crippen molar-refractivity contribution in [3.8, 4) is 5.75 Å². The number of carbonyl (C=O) groups excluding carboxylic acids is 2. The predicted molar refractivity (Wildman–Crippen MR) is 109 cm³/mol.